The van der Waals surface area contributed by atoms with E-state index in [4.69, 9.17) is 19.0 Å². The van der Waals surface area contributed by atoms with Gasteiger partial charge in [-0.05, 0) is 82.9 Å². The molecule has 184 valence electrons. The molecule has 1 N–H and O–H groups in total. The highest BCUT2D eigenvalue weighted by Gasteiger charge is 2.19. The number of carbonyl (C=O) groups is 1. The summed E-state index contributed by atoms with van der Waals surface area (Å²) >= 11 is 0. The van der Waals surface area contributed by atoms with Gasteiger partial charge in [-0.1, -0.05) is 17.3 Å². The monoisotopic (exact) mass is 476 g/mol. The first-order chi connectivity index (χ1) is 16.6. The number of pyridine rings is 1. The topological polar surface area (TPSA) is 90.9 Å². The number of ether oxygens (including phenoxy) is 2. The SMILES string of the molecule is COc1ccc(CCc2nc3cc(-c4c(C)noc4C)ccn3c2NCC(=O)OC(C)(C)C)cc1. The highest BCUT2D eigenvalue weighted by molar-refractivity contribution is 5.76. The van der Waals surface area contributed by atoms with Crippen LogP contribution in [0.1, 0.15) is 43.5 Å². The van der Waals surface area contributed by atoms with Gasteiger partial charge in [0.05, 0.1) is 18.5 Å². The van der Waals surface area contributed by atoms with Crippen LogP contribution in [0.15, 0.2) is 47.1 Å². The minimum Gasteiger partial charge on any atom is -0.497 e. The fourth-order valence-electron chi connectivity index (χ4n) is 4.09. The van der Waals surface area contributed by atoms with E-state index < -0.39 is 5.60 Å². The Hall–Kier alpha value is -3.81. The number of nitrogens with zero attached hydrogens (tertiary/aromatic N) is 3. The van der Waals surface area contributed by atoms with Gasteiger partial charge in [0.1, 0.15) is 35.1 Å². The summed E-state index contributed by atoms with van der Waals surface area (Å²) in [6.07, 6.45) is 3.45. The van der Waals surface area contributed by atoms with Gasteiger partial charge in [0.15, 0.2) is 0 Å². The van der Waals surface area contributed by atoms with Crippen LogP contribution in [0, 0.1) is 13.8 Å². The zero-order valence-corrected chi connectivity index (χ0v) is 21.1. The third-order valence-corrected chi connectivity index (χ3v) is 5.65. The average Bonchev–Trinajstić information content (AvgIpc) is 3.33. The lowest BCUT2D eigenvalue weighted by Gasteiger charge is -2.19. The van der Waals surface area contributed by atoms with E-state index in [1.807, 2.05) is 69.5 Å². The molecular formula is C27H32N4O4. The van der Waals surface area contributed by atoms with Crippen LogP contribution < -0.4 is 10.1 Å². The number of imidazole rings is 1. The molecule has 1 aromatic carbocycles. The van der Waals surface area contributed by atoms with Crippen LogP contribution in [0.25, 0.3) is 16.8 Å². The quantitative estimate of drug-likeness (QED) is 0.352. The predicted octanol–water partition coefficient (Wildman–Crippen LogP) is 5.15. The van der Waals surface area contributed by atoms with Gasteiger partial charge in [-0.2, -0.15) is 0 Å². The second kappa shape index (κ2) is 9.82. The van der Waals surface area contributed by atoms with Crippen molar-refractivity contribution in [3.8, 4) is 16.9 Å². The van der Waals surface area contributed by atoms with Gasteiger partial charge in [0, 0.05) is 11.8 Å². The van der Waals surface area contributed by atoms with Gasteiger partial charge in [-0.3, -0.25) is 9.20 Å². The Morgan fingerprint density at radius 3 is 2.49 bits per heavy atom. The van der Waals surface area contributed by atoms with Crippen LogP contribution in [-0.4, -0.2) is 39.8 Å². The summed E-state index contributed by atoms with van der Waals surface area (Å²) < 4.78 is 18.0. The highest BCUT2D eigenvalue weighted by atomic mass is 16.6. The van der Waals surface area contributed by atoms with Crippen molar-refractivity contribution in [3.05, 3.63) is 65.3 Å². The van der Waals surface area contributed by atoms with Gasteiger partial charge in [-0.15, -0.1) is 0 Å². The van der Waals surface area contributed by atoms with Crippen molar-refractivity contribution in [2.45, 2.75) is 53.1 Å². The van der Waals surface area contributed by atoms with E-state index in [0.717, 1.165) is 51.9 Å². The zero-order chi connectivity index (χ0) is 25.2. The minimum atomic E-state index is -0.543. The molecule has 8 nitrogen and oxygen atoms in total. The number of aryl methyl sites for hydroxylation is 4. The lowest BCUT2D eigenvalue weighted by atomic mass is 10.1. The maximum Gasteiger partial charge on any atom is 0.325 e. The summed E-state index contributed by atoms with van der Waals surface area (Å²) in [6.45, 7) is 9.45. The summed E-state index contributed by atoms with van der Waals surface area (Å²) in [4.78, 5) is 17.3. The molecule has 0 bridgehead atoms. The van der Waals surface area contributed by atoms with E-state index in [1.165, 1.54) is 5.56 Å². The van der Waals surface area contributed by atoms with E-state index in [9.17, 15) is 4.79 Å². The van der Waals surface area contributed by atoms with E-state index in [0.29, 0.717) is 6.42 Å². The maximum atomic E-state index is 12.4. The number of aromatic nitrogens is 3. The number of benzene rings is 1. The Kier molecular flexibility index (Phi) is 6.82. The Bertz CT molecular complexity index is 1310. The molecule has 0 atom stereocenters. The zero-order valence-electron chi connectivity index (χ0n) is 21.1. The van der Waals surface area contributed by atoms with Crippen LogP contribution in [-0.2, 0) is 22.4 Å². The molecule has 35 heavy (non-hydrogen) atoms. The summed E-state index contributed by atoms with van der Waals surface area (Å²) in [7, 11) is 1.66. The molecule has 0 saturated carbocycles. The average molecular weight is 477 g/mol. The van der Waals surface area contributed by atoms with Crippen LogP contribution in [0.2, 0.25) is 0 Å². The molecular weight excluding hydrogens is 444 g/mol. The molecule has 0 saturated heterocycles. The summed E-state index contributed by atoms with van der Waals surface area (Å²) in [5.41, 5.74) is 5.08. The molecule has 8 heteroatoms. The van der Waals surface area contributed by atoms with E-state index in [2.05, 4.69) is 22.6 Å². The fraction of sp³-hybridized carbons (Fsp3) is 0.370. The number of rotatable bonds is 8. The molecule has 0 radical (unpaired) electrons. The minimum absolute atomic E-state index is 0.0478. The lowest BCUT2D eigenvalue weighted by Crippen LogP contribution is -2.28. The van der Waals surface area contributed by atoms with E-state index in [-0.39, 0.29) is 12.5 Å². The lowest BCUT2D eigenvalue weighted by molar-refractivity contribution is -0.152. The number of methoxy groups -OCH3 is 1. The Labute approximate surface area is 205 Å². The van der Waals surface area contributed by atoms with Crippen molar-refractivity contribution >= 4 is 17.4 Å². The van der Waals surface area contributed by atoms with Crippen LogP contribution in [0.3, 0.4) is 0 Å². The fourth-order valence-corrected chi connectivity index (χ4v) is 4.09. The number of anilines is 1. The van der Waals surface area contributed by atoms with Crippen LogP contribution >= 0.6 is 0 Å². The first kappa shape index (κ1) is 24.3. The normalized spacial score (nSPS) is 11.6. The van der Waals surface area contributed by atoms with E-state index >= 15 is 0 Å². The third-order valence-electron chi connectivity index (χ3n) is 5.65. The van der Waals surface area contributed by atoms with Gasteiger partial charge in [0.25, 0.3) is 0 Å². The van der Waals surface area contributed by atoms with Gasteiger partial charge >= 0.3 is 5.97 Å². The van der Waals surface area contributed by atoms with Crippen molar-refractivity contribution in [2.24, 2.45) is 0 Å². The molecule has 4 aromatic rings. The van der Waals surface area contributed by atoms with Crippen LogP contribution in [0.5, 0.6) is 5.75 Å². The molecule has 0 aliphatic heterocycles. The van der Waals surface area contributed by atoms with Gasteiger partial charge in [0.2, 0.25) is 0 Å². The van der Waals surface area contributed by atoms with Gasteiger partial charge in [-0.25, -0.2) is 4.98 Å². The molecule has 0 aliphatic rings. The van der Waals surface area contributed by atoms with E-state index in [1.54, 1.807) is 7.11 Å². The number of carbonyl (C=O) groups excluding carboxylic acids is 1. The van der Waals surface area contributed by atoms with Crippen molar-refractivity contribution in [3.63, 3.8) is 0 Å². The summed E-state index contributed by atoms with van der Waals surface area (Å²) in [6, 6.07) is 12.0. The largest absolute Gasteiger partial charge is 0.497 e. The second-order valence-electron chi connectivity index (χ2n) is 9.54. The highest BCUT2D eigenvalue weighted by Crippen LogP contribution is 2.30. The molecule has 3 heterocycles. The molecule has 0 amide bonds. The van der Waals surface area contributed by atoms with Gasteiger partial charge < -0.3 is 19.3 Å². The predicted molar refractivity (Wildman–Crippen MR) is 135 cm³/mol. The first-order valence-electron chi connectivity index (χ1n) is 11.7. The summed E-state index contributed by atoms with van der Waals surface area (Å²) in [5, 5.41) is 7.34. The number of esters is 1. The summed E-state index contributed by atoms with van der Waals surface area (Å²) in [5.74, 6) is 2.06. The molecule has 0 unspecified atom stereocenters. The van der Waals surface area contributed by atoms with Crippen molar-refractivity contribution in [2.75, 3.05) is 19.0 Å². The number of hydrogen-bond donors (Lipinski definition) is 1. The Morgan fingerprint density at radius 2 is 1.86 bits per heavy atom. The number of hydrogen-bond acceptors (Lipinski definition) is 7. The van der Waals surface area contributed by atoms with Crippen molar-refractivity contribution < 1.29 is 18.8 Å². The molecule has 4 rings (SSSR count). The third kappa shape index (κ3) is 5.65. The Balaban J connectivity index is 1.64. The number of fused-ring (bicyclic) bond motifs is 1. The molecule has 0 fully saturated rings. The molecule has 0 aliphatic carbocycles. The standard InChI is InChI=1S/C27H32N4O4/c1-17-25(18(2)35-30-17)20-13-14-31-23(15-20)29-22(12-9-19-7-10-21(33-6)11-8-19)26(31)28-16-24(32)34-27(3,4)5/h7-8,10-11,13-15,28H,9,12,16H2,1-6H3. The molecule has 3 aromatic heterocycles. The maximum absolute atomic E-state index is 12.4. The smallest absolute Gasteiger partial charge is 0.325 e. The van der Waals surface area contributed by atoms with Crippen molar-refractivity contribution in [1.82, 2.24) is 14.5 Å². The Morgan fingerprint density at radius 1 is 1.11 bits per heavy atom. The molecule has 0 spiro atoms. The second-order valence-corrected chi connectivity index (χ2v) is 9.54. The first-order valence-corrected chi connectivity index (χ1v) is 11.7. The van der Waals surface area contributed by atoms with Crippen LogP contribution in [0.4, 0.5) is 5.82 Å². The number of nitrogens with one attached hydrogen (secondary N) is 1. The van der Waals surface area contributed by atoms with Crippen molar-refractivity contribution in [1.29, 1.82) is 0 Å².